The Balaban J connectivity index is 1.10. The van der Waals surface area contributed by atoms with Gasteiger partial charge in [-0.2, -0.15) is 0 Å². The highest BCUT2D eigenvalue weighted by Gasteiger charge is 2.54. The van der Waals surface area contributed by atoms with Crippen molar-refractivity contribution in [1.29, 1.82) is 0 Å². The van der Waals surface area contributed by atoms with Crippen molar-refractivity contribution in [3.05, 3.63) is 78.2 Å². The Hall–Kier alpha value is -3.76. The predicted octanol–water partition coefficient (Wildman–Crippen LogP) is 4.97. The van der Waals surface area contributed by atoms with Crippen LogP contribution in [-0.2, 0) is 9.47 Å². The lowest BCUT2D eigenvalue weighted by Gasteiger charge is -2.59. The molecule has 228 valence electrons. The van der Waals surface area contributed by atoms with E-state index in [1.807, 2.05) is 26.8 Å². The number of likely N-dealkylation sites (tertiary alicyclic amines) is 1. The summed E-state index contributed by atoms with van der Waals surface area (Å²) in [5.41, 5.74) is 2.57. The molecule has 1 aromatic carbocycles. The normalized spacial score (nSPS) is 21.3. The van der Waals surface area contributed by atoms with Crippen LogP contribution in [0, 0.1) is 11.2 Å². The molecule has 0 bridgehead atoms. The van der Waals surface area contributed by atoms with Gasteiger partial charge in [-0.3, -0.25) is 9.69 Å². The molecule has 2 aromatic rings. The van der Waals surface area contributed by atoms with E-state index in [0.29, 0.717) is 24.2 Å². The van der Waals surface area contributed by atoms with Crippen LogP contribution in [0.4, 0.5) is 10.2 Å². The topological polar surface area (TPSA) is 80.3 Å². The fraction of sp³-hybridized carbons (Fsp3) is 0.485. The van der Waals surface area contributed by atoms with Gasteiger partial charge in [-0.15, -0.1) is 0 Å². The Morgan fingerprint density at radius 3 is 2.67 bits per heavy atom. The summed E-state index contributed by atoms with van der Waals surface area (Å²) in [4.78, 5) is 28.2. The van der Waals surface area contributed by atoms with Crippen molar-refractivity contribution in [1.82, 2.24) is 19.8 Å². The van der Waals surface area contributed by atoms with Crippen molar-refractivity contribution in [2.24, 2.45) is 5.41 Å². The van der Waals surface area contributed by atoms with Crippen LogP contribution in [0.3, 0.4) is 0 Å². The lowest BCUT2D eigenvalue weighted by molar-refractivity contribution is -0.0655. The number of carbonyl (C=O) groups excluding carboxylic acids is 1. The smallest absolute Gasteiger partial charge is 0.257 e. The molecule has 1 aromatic heterocycles. The summed E-state index contributed by atoms with van der Waals surface area (Å²) in [6.07, 6.45) is 6.92. The maximum absolute atomic E-state index is 14.2. The first-order valence-electron chi connectivity index (χ1n) is 15.1. The van der Waals surface area contributed by atoms with E-state index in [9.17, 15) is 9.18 Å². The van der Waals surface area contributed by atoms with Gasteiger partial charge in [0.1, 0.15) is 29.8 Å². The Morgan fingerprint density at radius 2 is 2.02 bits per heavy atom. The standard InChI is InChI=1S/C33H40FN5O4/c1-6-28(27-15-37(14-22(27)5)24-16-41-17-24)42-25-11-33(12-25)18-38(19-33)31-30(13-35-20-36-31)43-29-9-8-23(34)10-26(29)32(40)39(7-2)21(3)4/h6,8-10,13,20-21,24-25H,1,5,7,11-12,14-19H2,2-4H3/b28-27+. The second kappa shape index (κ2) is 11.7. The quantitative estimate of drug-likeness (QED) is 0.360. The third kappa shape index (κ3) is 5.65. The number of nitrogens with zero attached hydrogens (tertiary/aromatic N) is 5. The monoisotopic (exact) mass is 589 g/mol. The summed E-state index contributed by atoms with van der Waals surface area (Å²) in [6, 6.07) is 4.44. The van der Waals surface area contributed by atoms with Crippen LogP contribution in [0.5, 0.6) is 11.5 Å². The number of ether oxygens (including phenoxy) is 3. The SMILES string of the molecule is C=C/C(OC1CC2(C1)CN(c1ncncc1Oc1ccc(F)cc1C(=O)N(CC)C(C)C)C2)=C1/CN(C2COC2)CC1=C. The average Bonchev–Trinajstić information content (AvgIpc) is 3.28. The van der Waals surface area contributed by atoms with Gasteiger partial charge in [0.25, 0.3) is 5.91 Å². The Morgan fingerprint density at radius 1 is 1.26 bits per heavy atom. The third-order valence-electron chi connectivity index (χ3n) is 9.04. The van der Waals surface area contributed by atoms with Gasteiger partial charge in [0.05, 0.1) is 31.0 Å². The number of allylic oxidation sites excluding steroid dienone is 1. The zero-order chi connectivity index (χ0) is 30.3. The molecule has 1 saturated carbocycles. The number of benzene rings is 1. The van der Waals surface area contributed by atoms with Crippen LogP contribution in [0.2, 0.25) is 0 Å². The average molecular weight is 590 g/mol. The summed E-state index contributed by atoms with van der Waals surface area (Å²) >= 11 is 0. The molecule has 0 unspecified atom stereocenters. The van der Waals surface area contributed by atoms with Crippen LogP contribution in [0.25, 0.3) is 0 Å². The molecule has 4 heterocycles. The summed E-state index contributed by atoms with van der Waals surface area (Å²) in [6.45, 7) is 19.4. The molecule has 4 fully saturated rings. The zero-order valence-electron chi connectivity index (χ0n) is 25.2. The van der Waals surface area contributed by atoms with Gasteiger partial charge in [-0.05, 0) is 63.5 Å². The van der Waals surface area contributed by atoms with E-state index in [2.05, 4.69) is 32.9 Å². The third-order valence-corrected chi connectivity index (χ3v) is 9.04. The lowest BCUT2D eigenvalue weighted by atomic mass is 9.61. The highest BCUT2D eigenvalue weighted by Crippen LogP contribution is 2.52. The maximum Gasteiger partial charge on any atom is 0.257 e. The van der Waals surface area contributed by atoms with Gasteiger partial charge >= 0.3 is 0 Å². The molecule has 0 N–H and O–H groups in total. The van der Waals surface area contributed by atoms with Crippen molar-refractivity contribution in [2.45, 2.75) is 51.8 Å². The van der Waals surface area contributed by atoms with E-state index >= 15 is 0 Å². The molecule has 1 spiro atoms. The molecule has 10 heteroatoms. The number of carbonyl (C=O) groups is 1. The summed E-state index contributed by atoms with van der Waals surface area (Å²) in [5, 5.41) is 0. The second-order valence-corrected chi connectivity index (χ2v) is 12.4. The first-order chi connectivity index (χ1) is 20.7. The molecular weight excluding hydrogens is 549 g/mol. The minimum Gasteiger partial charge on any atom is -0.490 e. The molecule has 0 atom stereocenters. The van der Waals surface area contributed by atoms with Crippen molar-refractivity contribution in [3.63, 3.8) is 0 Å². The van der Waals surface area contributed by atoms with Crippen LogP contribution >= 0.6 is 0 Å². The molecule has 43 heavy (non-hydrogen) atoms. The van der Waals surface area contributed by atoms with Gasteiger partial charge in [0.15, 0.2) is 11.6 Å². The first kappa shape index (κ1) is 29.3. The number of amides is 1. The van der Waals surface area contributed by atoms with E-state index in [1.165, 1.54) is 24.5 Å². The molecule has 9 nitrogen and oxygen atoms in total. The molecule has 3 aliphatic heterocycles. The van der Waals surface area contributed by atoms with E-state index in [4.69, 9.17) is 14.2 Å². The maximum atomic E-state index is 14.2. The summed E-state index contributed by atoms with van der Waals surface area (Å²) < 4.78 is 32.3. The Labute approximate surface area is 252 Å². The molecular formula is C33H40FN5O4. The van der Waals surface area contributed by atoms with Crippen molar-refractivity contribution in [3.8, 4) is 11.5 Å². The highest BCUT2D eigenvalue weighted by atomic mass is 19.1. The van der Waals surface area contributed by atoms with Crippen molar-refractivity contribution >= 4 is 11.7 Å². The van der Waals surface area contributed by atoms with Gasteiger partial charge in [-0.1, -0.05) is 13.2 Å². The minimum atomic E-state index is -0.496. The number of anilines is 1. The number of hydrogen-bond donors (Lipinski definition) is 0. The summed E-state index contributed by atoms with van der Waals surface area (Å²) in [5.74, 6) is 1.42. The molecule has 1 amide bonds. The molecule has 4 aliphatic rings. The van der Waals surface area contributed by atoms with E-state index in [1.54, 1.807) is 11.1 Å². The first-order valence-corrected chi connectivity index (χ1v) is 15.1. The minimum absolute atomic E-state index is 0.0373. The van der Waals surface area contributed by atoms with Crippen molar-refractivity contribution in [2.75, 3.05) is 50.8 Å². The number of aromatic nitrogens is 2. The van der Waals surface area contributed by atoms with Crippen LogP contribution in [0.15, 0.2) is 66.9 Å². The zero-order valence-corrected chi connectivity index (χ0v) is 25.2. The largest absolute Gasteiger partial charge is 0.490 e. The number of rotatable bonds is 10. The van der Waals surface area contributed by atoms with Crippen LogP contribution < -0.4 is 9.64 Å². The molecule has 0 radical (unpaired) electrons. The number of hydrogen-bond acceptors (Lipinski definition) is 8. The second-order valence-electron chi connectivity index (χ2n) is 12.4. The fourth-order valence-corrected chi connectivity index (χ4v) is 6.63. The van der Waals surface area contributed by atoms with Gasteiger partial charge in [-0.25, -0.2) is 14.4 Å². The van der Waals surface area contributed by atoms with Gasteiger partial charge < -0.3 is 24.0 Å². The highest BCUT2D eigenvalue weighted by molar-refractivity contribution is 5.97. The van der Waals surface area contributed by atoms with Crippen molar-refractivity contribution < 1.29 is 23.4 Å². The van der Waals surface area contributed by atoms with Crippen LogP contribution in [-0.4, -0.2) is 89.8 Å². The lowest BCUT2D eigenvalue weighted by Crippen LogP contribution is -2.64. The fourth-order valence-electron chi connectivity index (χ4n) is 6.63. The van der Waals surface area contributed by atoms with Crippen LogP contribution in [0.1, 0.15) is 44.0 Å². The van der Waals surface area contributed by atoms with E-state index in [0.717, 1.165) is 69.1 Å². The predicted molar refractivity (Wildman–Crippen MR) is 162 cm³/mol. The van der Waals surface area contributed by atoms with E-state index < -0.39 is 5.82 Å². The Kier molecular flexibility index (Phi) is 8.00. The Bertz CT molecular complexity index is 1440. The number of halogens is 1. The van der Waals surface area contributed by atoms with Gasteiger partial charge in [0.2, 0.25) is 0 Å². The summed E-state index contributed by atoms with van der Waals surface area (Å²) in [7, 11) is 0. The molecule has 3 saturated heterocycles. The van der Waals surface area contributed by atoms with E-state index in [-0.39, 0.29) is 34.8 Å². The van der Waals surface area contributed by atoms with Gasteiger partial charge in [0, 0.05) is 49.8 Å². The molecule has 1 aliphatic carbocycles. The molecule has 6 rings (SSSR count).